The van der Waals surface area contributed by atoms with Crippen molar-refractivity contribution in [3.05, 3.63) is 11.1 Å². The maximum atomic E-state index is 11.3. The van der Waals surface area contributed by atoms with E-state index in [1.54, 1.807) is 12.3 Å². The van der Waals surface area contributed by atoms with Gasteiger partial charge in [0.1, 0.15) is 0 Å². The van der Waals surface area contributed by atoms with E-state index in [1.807, 2.05) is 0 Å². The molecule has 1 aromatic rings. The summed E-state index contributed by atoms with van der Waals surface area (Å²) >= 11 is 2.43. The van der Waals surface area contributed by atoms with E-state index < -0.39 is 11.4 Å². The van der Waals surface area contributed by atoms with Crippen LogP contribution in [-0.4, -0.2) is 36.4 Å². The summed E-state index contributed by atoms with van der Waals surface area (Å²) in [4.78, 5) is 25.9. The summed E-state index contributed by atoms with van der Waals surface area (Å²) in [5.41, 5.74) is -0.337. The van der Waals surface area contributed by atoms with Crippen LogP contribution < -0.4 is 0 Å². The molecule has 1 atom stereocenters. The molecule has 0 aliphatic heterocycles. The molecule has 1 heterocycles. The molecule has 0 radical (unpaired) electrons. The van der Waals surface area contributed by atoms with Crippen molar-refractivity contribution in [2.75, 3.05) is 13.7 Å². The summed E-state index contributed by atoms with van der Waals surface area (Å²) in [6.45, 7) is 2.04. The van der Waals surface area contributed by atoms with Gasteiger partial charge < -0.3 is 9.47 Å². The average molecular weight is 261 g/mol. The molecular formula is C9H11NO4S2. The predicted molar refractivity (Wildman–Crippen MR) is 60.8 cm³/mol. The van der Waals surface area contributed by atoms with Gasteiger partial charge in [0.05, 0.1) is 6.61 Å². The van der Waals surface area contributed by atoms with Gasteiger partial charge in [0.25, 0.3) is 0 Å². The fraction of sp³-hybridized carbons (Fsp3) is 0.444. The van der Waals surface area contributed by atoms with Crippen molar-refractivity contribution in [1.29, 1.82) is 0 Å². The summed E-state index contributed by atoms with van der Waals surface area (Å²) in [6.07, 6.45) is 0.677. The minimum Gasteiger partial charge on any atom is -0.461 e. The summed E-state index contributed by atoms with van der Waals surface area (Å²) in [6, 6.07) is 0. The van der Waals surface area contributed by atoms with E-state index in [-0.39, 0.29) is 5.69 Å². The lowest BCUT2D eigenvalue weighted by molar-refractivity contribution is -0.112. The Labute approximate surface area is 101 Å². The van der Waals surface area contributed by atoms with E-state index >= 15 is 0 Å². The third-order valence-electron chi connectivity index (χ3n) is 1.53. The Morgan fingerprint density at radius 1 is 1.75 bits per heavy atom. The van der Waals surface area contributed by atoms with Crippen molar-refractivity contribution >= 4 is 35.4 Å². The first-order chi connectivity index (χ1) is 7.71. The standard InChI is InChI=1S/C9H11NO4S2/c1-3-14-8(12)6-5-15-9(10-6)16-7(4-11)13-2/h4-5,7H,3H2,1-2H3. The molecule has 0 saturated heterocycles. The van der Waals surface area contributed by atoms with Gasteiger partial charge in [-0.1, -0.05) is 11.8 Å². The molecule has 0 amide bonds. The number of aldehydes is 1. The van der Waals surface area contributed by atoms with Gasteiger partial charge in [-0.15, -0.1) is 11.3 Å². The highest BCUT2D eigenvalue weighted by Crippen LogP contribution is 2.26. The first-order valence-electron chi connectivity index (χ1n) is 4.48. The number of thiazole rings is 1. The zero-order chi connectivity index (χ0) is 12.0. The molecule has 0 bridgehead atoms. The minimum absolute atomic E-state index is 0.259. The topological polar surface area (TPSA) is 65.5 Å². The molecule has 7 heteroatoms. The number of aromatic nitrogens is 1. The van der Waals surface area contributed by atoms with Crippen LogP contribution in [0.5, 0.6) is 0 Å². The molecule has 0 aromatic carbocycles. The van der Waals surface area contributed by atoms with Crippen LogP contribution in [0.3, 0.4) is 0 Å². The van der Waals surface area contributed by atoms with Crippen molar-refractivity contribution in [3.63, 3.8) is 0 Å². The van der Waals surface area contributed by atoms with Crippen LogP contribution in [0.25, 0.3) is 0 Å². The van der Waals surface area contributed by atoms with Gasteiger partial charge >= 0.3 is 5.97 Å². The van der Waals surface area contributed by atoms with Crippen LogP contribution in [0.15, 0.2) is 9.72 Å². The summed E-state index contributed by atoms with van der Waals surface area (Å²) in [7, 11) is 1.44. The number of nitrogens with zero attached hydrogens (tertiary/aromatic N) is 1. The Bertz CT molecular complexity index is 366. The second-order valence-electron chi connectivity index (χ2n) is 2.58. The normalized spacial score (nSPS) is 12.1. The Morgan fingerprint density at radius 2 is 2.50 bits per heavy atom. The van der Waals surface area contributed by atoms with Crippen LogP contribution >= 0.6 is 23.1 Å². The Morgan fingerprint density at radius 3 is 3.06 bits per heavy atom. The number of esters is 1. The molecule has 0 aliphatic rings. The third kappa shape index (κ3) is 3.58. The molecule has 1 unspecified atom stereocenters. The summed E-state index contributed by atoms with van der Waals surface area (Å²) in [5, 5.41) is 1.60. The van der Waals surface area contributed by atoms with E-state index in [9.17, 15) is 9.59 Å². The molecule has 0 N–H and O–H groups in total. The smallest absolute Gasteiger partial charge is 0.357 e. The number of hydrogen-bond donors (Lipinski definition) is 0. The SMILES string of the molecule is CCOC(=O)c1csc(SC(C=O)OC)n1. The second kappa shape index (κ2) is 6.62. The van der Waals surface area contributed by atoms with Gasteiger partial charge in [0.2, 0.25) is 0 Å². The first-order valence-corrected chi connectivity index (χ1v) is 6.24. The molecule has 0 spiro atoms. The maximum Gasteiger partial charge on any atom is 0.357 e. The van der Waals surface area contributed by atoms with E-state index in [0.29, 0.717) is 17.2 Å². The Balaban J connectivity index is 2.64. The first kappa shape index (κ1) is 13.1. The predicted octanol–water partition coefficient (Wildman–Crippen LogP) is 1.58. The van der Waals surface area contributed by atoms with E-state index in [0.717, 1.165) is 11.8 Å². The lowest BCUT2D eigenvalue weighted by atomic mass is 10.5. The lowest BCUT2D eigenvalue weighted by Crippen LogP contribution is -2.07. The van der Waals surface area contributed by atoms with Gasteiger partial charge in [0.15, 0.2) is 21.8 Å². The Hall–Kier alpha value is -0.920. The number of hydrogen-bond acceptors (Lipinski definition) is 7. The van der Waals surface area contributed by atoms with Gasteiger partial charge in [-0.3, -0.25) is 4.79 Å². The molecule has 5 nitrogen and oxygen atoms in total. The number of carbonyl (C=O) groups excluding carboxylic acids is 2. The molecular weight excluding hydrogens is 250 g/mol. The van der Waals surface area contributed by atoms with Gasteiger partial charge in [-0.2, -0.15) is 0 Å². The summed E-state index contributed by atoms with van der Waals surface area (Å²) in [5.74, 6) is -0.453. The van der Waals surface area contributed by atoms with Crippen LogP contribution in [0.4, 0.5) is 0 Å². The second-order valence-corrected chi connectivity index (χ2v) is 4.78. The molecule has 1 rings (SSSR count). The van der Waals surface area contributed by atoms with E-state index in [4.69, 9.17) is 9.47 Å². The van der Waals surface area contributed by atoms with Crippen LogP contribution in [0.2, 0.25) is 0 Å². The number of thioether (sulfide) groups is 1. The Kier molecular flexibility index (Phi) is 5.44. The molecule has 0 saturated carbocycles. The van der Waals surface area contributed by atoms with Crippen LogP contribution in [-0.2, 0) is 14.3 Å². The van der Waals surface area contributed by atoms with Gasteiger partial charge in [-0.25, -0.2) is 9.78 Å². The van der Waals surface area contributed by atoms with Gasteiger partial charge in [-0.05, 0) is 6.92 Å². The average Bonchev–Trinajstić information content (AvgIpc) is 2.74. The fourth-order valence-corrected chi connectivity index (χ4v) is 2.51. The maximum absolute atomic E-state index is 11.3. The van der Waals surface area contributed by atoms with Crippen LogP contribution in [0, 0.1) is 0 Å². The van der Waals surface area contributed by atoms with Crippen molar-refractivity contribution in [1.82, 2.24) is 4.98 Å². The highest BCUT2D eigenvalue weighted by Gasteiger charge is 2.15. The quantitative estimate of drug-likeness (QED) is 0.335. The van der Waals surface area contributed by atoms with Crippen molar-refractivity contribution < 1.29 is 19.1 Å². The summed E-state index contributed by atoms with van der Waals surface area (Å²) < 4.78 is 10.3. The largest absolute Gasteiger partial charge is 0.461 e. The van der Waals surface area contributed by atoms with Crippen molar-refractivity contribution in [2.45, 2.75) is 16.7 Å². The molecule has 16 heavy (non-hydrogen) atoms. The van der Waals surface area contributed by atoms with Crippen molar-refractivity contribution in [3.8, 4) is 0 Å². The highest BCUT2D eigenvalue weighted by atomic mass is 32.2. The molecule has 0 aliphatic carbocycles. The number of rotatable bonds is 6. The van der Waals surface area contributed by atoms with E-state index in [1.165, 1.54) is 18.4 Å². The molecule has 1 aromatic heterocycles. The molecule has 0 fully saturated rings. The minimum atomic E-state index is -0.596. The molecule has 88 valence electrons. The number of ether oxygens (including phenoxy) is 2. The fourth-order valence-electron chi connectivity index (χ4n) is 0.841. The van der Waals surface area contributed by atoms with Crippen molar-refractivity contribution in [2.24, 2.45) is 0 Å². The third-order valence-corrected chi connectivity index (χ3v) is 3.57. The number of carbonyl (C=O) groups is 2. The lowest BCUT2D eigenvalue weighted by Gasteiger charge is -2.03. The highest BCUT2D eigenvalue weighted by molar-refractivity contribution is 8.02. The zero-order valence-electron chi connectivity index (χ0n) is 8.84. The van der Waals surface area contributed by atoms with Crippen LogP contribution in [0.1, 0.15) is 17.4 Å². The monoisotopic (exact) mass is 261 g/mol. The number of methoxy groups -OCH3 is 1. The van der Waals surface area contributed by atoms with E-state index in [2.05, 4.69) is 4.98 Å². The van der Waals surface area contributed by atoms with Gasteiger partial charge in [0, 0.05) is 12.5 Å². The zero-order valence-corrected chi connectivity index (χ0v) is 10.5.